The third-order valence-electron chi connectivity index (χ3n) is 2.70. The van der Waals surface area contributed by atoms with Gasteiger partial charge in [0.05, 0.1) is 6.10 Å². The van der Waals surface area contributed by atoms with Crippen molar-refractivity contribution in [2.24, 2.45) is 5.92 Å². The van der Waals surface area contributed by atoms with Gasteiger partial charge in [-0.25, -0.2) is 0 Å². The molecule has 1 aliphatic rings. The average Bonchev–Trinajstić information content (AvgIpc) is 2.59. The lowest BCUT2D eigenvalue weighted by atomic mass is 10.1. The molecule has 1 fully saturated rings. The van der Waals surface area contributed by atoms with Crippen LogP contribution >= 0.6 is 0 Å². The van der Waals surface area contributed by atoms with Gasteiger partial charge in [0.1, 0.15) is 0 Å². The van der Waals surface area contributed by atoms with Crippen LogP contribution in [0.3, 0.4) is 0 Å². The molecule has 4 nitrogen and oxygen atoms in total. The van der Waals surface area contributed by atoms with Crippen LogP contribution in [0.2, 0.25) is 0 Å². The first-order chi connectivity index (χ1) is 7.34. The van der Waals surface area contributed by atoms with Crippen molar-refractivity contribution in [2.75, 3.05) is 26.7 Å². The van der Waals surface area contributed by atoms with Gasteiger partial charge in [0.25, 0.3) is 0 Å². The van der Waals surface area contributed by atoms with Crippen LogP contribution in [0.25, 0.3) is 0 Å². The smallest absolute Gasteiger partial charge is 0.403 e. The van der Waals surface area contributed by atoms with Gasteiger partial charge in [0.2, 0.25) is 0 Å². The second kappa shape index (κ2) is 5.01. The number of carboxylic acids is 1. The summed E-state index contributed by atoms with van der Waals surface area (Å²) < 4.78 is 42.1. The average molecular weight is 241 g/mol. The second-order valence-corrected chi connectivity index (χ2v) is 3.84. The number of carboxylic acid groups (broad SMARTS) is 1. The van der Waals surface area contributed by atoms with Crippen molar-refractivity contribution in [3.8, 4) is 0 Å². The summed E-state index contributed by atoms with van der Waals surface area (Å²) in [5.41, 5.74) is 0. The first kappa shape index (κ1) is 13.2. The van der Waals surface area contributed by atoms with Gasteiger partial charge in [0, 0.05) is 26.7 Å². The molecule has 2 unspecified atom stereocenters. The molecule has 0 aromatic carbocycles. The Morgan fingerprint density at radius 3 is 2.62 bits per heavy atom. The van der Waals surface area contributed by atoms with Gasteiger partial charge >= 0.3 is 12.1 Å². The number of halogens is 3. The molecule has 0 bridgehead atoms. The molecule has 0 aromatic rings. The first-order valence-corrected chi connectivity index (χ1v) is 4.89. The SMILES string of the molecule is COC1CCN(CC(C(=O)O)C(F)(F)F)C1. The van der Waals surface area contributed by atoms with E-state index in [0.717, 1.165) is 0 Å². The Labute approximate surface area is 91.0 Å². The summed E-state index contributed by atoms with van der Waals surface area (Å²) in [6.07, 6.45) is -4.15. The van der Waals surface area contributed by atoms with Crippen LogP contribution in [0.15, 0.2) is 0 Å². The van der Waals surface area contributed by atoms with Crippen molar-refractivity contribution in [1.82, 2.24) is 4.90 Å². The van der Waals surface area contributed by atoms with Crippen molar-refractivity contribution in [3.05, 3.63) is 0 Å². The Balaban J connectivity index is 2.54. The fourth-order valence-corrected chi connectivity index (χ4v) is 1.74. The Morgan fingerprint density at radius 1 is 1.62 bits per heavy atom. The van der Waals surface area contributed by atoms with Gasteiger partial charge < -0.3 is 9.84 Å². The number of rotatable bonds is 4. The van der Waals surface area contributed by atoms with Crippen molar-refractivity contribution in [3.63, 3.8) is 0 Å². The van der Waals surface area contributed by atoms with Crippen molar-refractivity contribution in [2.45, 2.75) is 18.7 Å². The van der Waals surface area contributed by atoms with E-state index in [1.165, 1.54) is 12.0 Å². The summed E-state index contributed by atoms with van der Waals surface area (Å²) in [6, 6.07) is 0. The van der Waals surface area contributed by atoms with Gasteiger partial charge in [-0.2, -0.15) is 13.2 Å². The van der Waals surface area contributed by atoms with E-state index in [-0.39, 0.29) is 6.10 Å². The minimum Gasteiger partial charge on any atom is -0.481 e. The van der Waals surface area contributed by atoms with Crippen LogP contribution in [-0.2, 0) is 9.53 Å². The molecule has 1 heterocycles. The number of alkyl halides is 3. The lowest BCUT2D eigenvalue weighted by Crippen LogP contribution is -2.40. The topological polar surface area (TPSA) is 49.8 Å². The van der Waals surface area contributed by atoms with Crippen LogP contribution < -0.4 is 0 Å². The van der Waals surface area contributed by atoms with Gasteiger partial charge in [0.15, 0.2) is 5.92 Å². The predicted octanol–water partition coefficient (Wildman–Crippen LogP) is 0.970. The zero-order valence-electron chi connectivity index (χ0n) is 8.83. The molecule has 7 heteroatoms. The highest BCUT2D eigenvalue weighted by molar-refractivity contribution is 5.71. The highest BCUT2D eigenvalue weighted by Crippen LogP contribution is 2.28. The predicted molar refractivity (Wildman–Crippen MR) is 49.0 cm³/mol. The van der Waals surface area contributed by atoms with Crippen molar-refractivity contribution < 1.29 is 27.8 Å². The van der Waals surface area contributed by atoms with Crippen molar-refractivity contribution >= 4 is 5.97 Å². The highest BCUT2D eigenvalue weighted by Gasteiger charge is 2.46. The van der Waals surface area contributed by atoms with E-state index in [1.807, 2.05) is 0 Å². The molecule has 0 radical (unpaired) electrons. The zero-order chi connectivity index (χ0) is 12.3. The molecule has 1 N–H and O–H groups in total. The summed E-state index contributed by atoms with van der Waals surface area (Å²) in [7, 11) is 1.49. The number of nitrogens with zero attached hydrogens (tertiary/aromatic N) is 1. The fraction of sp³-hybridized carbons (Fsp3) is 0.889. The molecular formula is C9H14F3NO3. The Morgan fingerprint density at radius 2 is 2.25 bits per heavy atom. The third kappa shape index (κ3) is 3.34. The Bertz CT molecular complexity index is 257. The summed E-state index contributed by atoms with van der Waals surface area (Å²) >= 11 is 0. The van der Waals surface area contributed by atoms with Crippen LogP contribution in [0, 0.1) is 5.92 Å². The number of hydrogen-bond acceptors (Lipinski definition) is 3. The minimum absolute atomic E-state index is 0.0947. The monoisotopic (exact) mass is 241 g/mol. The molecule has 0 aliphatic carbocycles. The summed E-state index contributed by atoms with van der Waals surface area (Å²) in [4.78, 5) is 12.0. The standard InChI is InChI=1S/C9H14F3NO3/c1-16-6-2-3-13(4-6)5-7(8(14)15)9(10,11)12/h6-7H,2-5H2,1H3,(H,14,15). The van der Waals surface area contributed by atoms with Crippen LogP contribution in [0.4, 0.5) is 13.2 Å². The van der Waals surface area contributed by atoms with Crippen molar-refractivity contribution in [1.29, 1.82) is 0 Å². The molecular weight excluding hydrogens is 227 g/mol. The number of hydrogen-bond donors (Lipinski definition) is 1. The minimum atomic E-state index is -4.70. The quantitative estimate of drug-likeness (QED) is 0.796. The third-order valence-corrected chi connectivity index (χ3v) is 2.70. The molecule has 0 saturated carbocycles. The van der Waals surface area contributed by atoms with Crippen LogP contribution in [0.1, 0.15) is 6.42 Å². The summed E-state index contributed by atoms with van der Waals surface area (Å²) in [6.45, 7) is 0.299. The molecule has 1 aliphatic heterocycles. The number of aliphatic carboxylic acids is 1. The van der Waals surface area contributed by atoms with E-state index in [2.05, 4.69) is 0 Å². The Kier molecular flexibility index (Phi) is 4.15. The lowest BCUT2D eigenvalue weighted by molar-refractivity contribution is -0.196. The normalized spacial score (nSPS) is 24.6. The van der Waals surface area contributed by atoms with Gasteiger partial charge in [-0.05, 0) is 6.42 Å². The molecule has 94 valence electrons. The van der Waals surface area contributed by atoms with Crippen LogP contribution in [0.5, 0.6) is 0 Å². The van der Waals surface area contributed by atoms with E-state index in [9.17, 15) is 18.0 Å². The molecule has 0 amide bonds. The van der Waals surface area contributed by atoms with E-state index >= 15 is 0 Å². The van der Waals surface area contributed by atoms with E-state index in [0.29, 0.717) is 19.5 Å². The first-order valence-electron chi connectivity index (χ1n) is 4.89. The lowest BCUT2D eigenvalue weighted by Gasteiger charge is -2.22. The van der Waals surface area contributed by atoms with Gasteiger partial charge in [-0.15, -0.1) is 0 Å². The molecule has 16 heavy (non-hydrogen) atoms. The number of methoxy groups -OCH3 is 1. The van der Waals surface area contributed by atoms with E-state index in [4.69, 9.17) is 9.84 Å². The number of ether oxygens (including phenoxy) is 1. The summed E-state index contributed by atoms with van der Waals surface area (Å²) in [5, 5.41) is 8.51. The number of likely N-dealkylation sites (tertiary alicyclic amines) is 1. The molecule has 0 aromatic heterocycles. The van der Waals surface area contributed by atoms with E-state index < -0.39 is 24.6 Å². The zero-order valence-corrected chi connectivity index (χ0v) is 8.83. The maximum absolute atomic E-state index is 12.4. The molecule has 1 saturated heterocycles. The van der Waals surface area contributed by atoms with Gasteiger partial charge in [-0.1, -0.05) is 0 Å². The van der Waals surface area contributed by atoms with E-state index in [1.54, 1.807) is 0 Å². The summed E-state index contributed by atoms with van der Waals surface area (Å²) in [5.74, 6) is -4.14. The Hall–Kier alpha value is -0.820. The maximum Gasteiger partial charge on any atom is 0.403 e. The maximum atomic E-state index is 12.4. The second-order valence-electron chi connectivity index (χ2n) is 3.84. The number of carbonyl (C=O) groups is 1. The van der Waals surface area contributed by atoms with Gasteiger partial charge in [-0.3, -0.25) is 9.69 Å². The highest BCUT2D eigenvalue weighted by atomic mass is 19.4. The fourth-order valence-electron chi connectivity index (χ4n) is 1.74. The van der Waals surface area contributed by atoms with Crippen LogP contribution in [-0.4, -0.2) is 55.0 Å². The molecule has 0 spiro atoms. The largest absolute Gasteiger partial charge is 0.481 e. The molecule has 1 rings (SSSR count). The molecule has 2 atom stereocenters.